The van der Waals surface area contributed by atoms with Gasteiger partial charge in [-0.3, -0.25) is 4.79 Å². The van der Waals surface area contributed by atoms with Gasteiger partial charge in [0.25, 0.3) is 5.91 Å². The molecule has 1 aromatic heterocycles. The molecular formula is C27H27BrN4O. The smallest absolute Gasteiger partial charge is 0.295 e. The van der Waals surface area contributed by atoms with Crippen LogP contribution in [0, 0.1) is 20.8 Å². The fraction of sp³-hybridized carbons (Fsp3) is 0.222. The fourth-order valence-corrected chi connectivity index (χ4v) is 4.10. The van der Waals surface area contributed by atoms with E-state index in [1.807, 2.05) is 63.2 Å². The lowest BCUT2D eigenvalue weighted by molar-refractivity contribution is 0.101. The molecule has 5 nitrogen and oxygen atoms in total. The highest BCUT2D eigenvalue weighted by Gasteiger charge is 2.21. The van der Waals surface area contributed by atoms with Crippen molar-refractivity contribution in [2.24, 2.45) is 0 Å². The third kappa shape index (κ3) is 4.91. The van der Waals surface area contributed by atoms with Crippen molar-refractivity contribution >= 4 is 27.5 Å². The Hall–Kier alpha value is -3.25. The van der Waals surface area contributed by atoms with Gasteiger partial charge < -0.3 is 5.32 Å². The predicted octanol–water partition coefficient (Wildman–Crippen LogP) is 7.00. The summed E-state index contributed by atoms with van der Waals surface area (Å²) < 4.78 is 2.75. The van der Waals surface area contributed by atoms with Crippen molar-refractivity contribution in [1.82, 2.24) is 14.8 Å². The van der Waals surface area contributed by atoms with Gasteiger partial charge in [-0.15, -0.1) is 5.10 Å². The molecule has 6 heteroatoms. The van der Waals surface area contributed by atoms with Crippen LogP contribution in [0.4, 0.5) is 5.69 Å². The van der Waals surface area contributed by atoms with Gasteiger partial charge in [0.1, 0.15) is 0 Å². The zero-order valence-electron chi connectivity index (χ0n) is 19.5. The van der Waals surface area contributed by atoms with Crippen molar-refractivity contribution in [2.75, 3.05) is 5.32 Å². The molecule has 168 valence electrons. The first kappa shape index (κ1) is 22.9. The average Bonchev–Trinajstić information content (AvgIpc) is 3.22. The molecule has 4 rings (SSSR count). The molecule has 1 heterocycles. The normalized spacial score (nSPS) is 11.1. The highest BCUT2D eigenvalue weighted by atomic mass is 79.9. The molecule has 0 unspecified atom stereocenters. The Morgan fingerprint density at radius 2 is 1.64 bits per heavy atom. The number of anilines is 1. The Labute approximate surface area is 203 Å². The van der Waals surface area contributed by atoms with E-state index < -0.39 is 0 Å². The Bertz CT molecular complexity index is 1320. The molecule has 0 aliphatic carbocycles. The van der Waals surface area contributed by atoms with E-state index in [0.717, 1.165) is 43.7 Å². The molecule has 0 atom stereocenters. The van der Waals surface area contributed by atoms with E-state index >= 15 is 0 Å². The molecular weight excluding hydrogens is 476 g/mol. The van der Waals surface area contributed by atoms with Crippen LogP contribution in [0.1, 0.15) is 52.6 Å². The number of benzene rings is 3. The summed E-state index contributed by atoms with van der Waals surface area (Å²) in [6.07, 6.45) is 0. The molecule has 1 amide bonds. The number of aryl methyl sites for hydroxylation is 3. The Balaban J connectivity index is 1.79. The highest BCUT2D eigenvalue weighted by Crippen LogP contribution is 2.29. The second kappa shape index (κ2) is 9.32. The topological polar surface area (TPSA) is 59.8 Å². The summed E-state index contributed by atoms with van der Waals surface area (Å²) in [5, 5.41) is 7.67. The molecule has 1 N–H and O–H groups in total. The Morgan fingerprint density at radius 3 is 2.33 bits per heavy atom. The van der Waals surface area contributed by atoms with Gasteiger partial charge in [-0.2, -0.15) is 0 Å². The molecule has 4 aromatic rings. The van der Waals surface area contributed by atoms with Crippen LogP contribution < -0.4 is 5.32 Å². The van der Waals surface area contributed by atoms with Crippen LogP contribution >= 0.6 is 15.9 Å². The molecule has 3 aromatic carbocycles. The van der Waals surface area contributed by atoms with Crippen molar-refractivity contribution in [3.8, 4) is 17.1 Å². The van der Waals surface area contributed by atoms with Gasteiger partial charge in [0.05, 0.1) is 5.69 Å². The number of carbonyl (C=O) groups excluding carboxylic acids is 1. The molecule has 0 saturated heterocycles. The SMILES string of the molecule is Cc1ccc(-c2nc(C(=O)Nc3ccc(Br)cc3C(C)C)nn2-c2cc(C)ccc2C)cc1. The van der Waals surface area contributed by atoms with Crippen LogP contribution in [-0.2, 0) is 0 Å². The largest absolute Gasteiger partial charge is 0.319 e. The molecule has 0 spiro atoms. The quantitative estimate of drug-likeness (QED) is 0.319. The van der Waals surface area contributed by atoms with Crippen LogP contribution in [0.5, 0.6) is 0 Å². The number of amides is 1. The second-order valence-corrected chi connectivity index (χ2v) is 9.58. The number of aromatic nitrogens is 3. The maximum atomic E-state index is 13.2. The molecule has 0 aliphatic heterocycles. The van der Waals surface area contributed by atoms with E-state index in [4.69, 9.17) is 0 Å². The summed E-state index contributed by atoms with van der Waals surface area (Å²) in [5.41, 5.74) is 6.95. The lowest BCUT2D eigenvalue weighted by Gasteiger charge is -2.13. The summed E-state index contributed by atoms with van der Waals surface area (Å²) in [7, 11) is 0. The number of rotatable bonds is 5. The monoisotopic (exact) mass is 502 g/mol. The van der Waals surface area contributed by atoms with Gasteiger partial charge in [-0.05, 0) is 67.6 Å². The Morgan fingerprint density at radius 1 is 0.939 bits per heavy atom. The maximum absolute atomic E-state index is 13.2. The van der Waals surface area contributed by atoms with Crippen molar-refractivity contribution in [3.05, 3.63) is 93.2 Å². The summed E-state index contributed by atoms with van der Waals surface area (Å²) in [5.74, 6) is 0.677. The molecule has 0 fully saturated rings. The zero-order valence-corrected chi connectivity index (χ0v) is 21.1. The summed E-state index contributed by atoms with van der Waals surface area (Å²) in [6.45, 7) is 10.3. The van der Waals surface area contributed by atoms with Crippen LogP contribution in [0.15, 0.2) is 65.1 Å². The van der Waals surface area contributed by atoms with Crippen molar-refractivity contribution in [1.29, 1.82) is 0 Å². The minimum Gasteiger partial charge on any atom is -0.319 e. The van der Waals surface area contributed by atoms with E-state index in [2.05, 4.69) is 63.4 Å². The minimum atomic E-state index is -0.336. The van der Waals surface area contributed by atoms with Gasteiger partial charge in [-0.25, -0.2) is 9.67 Å². The first-order valence-corrected chi connectivity index (χ1v) is 11.7. The zero-order chi connectivity index (χ0) is 23.7. The van der Waals surface area contributed by atoms with Crippen LogP contribution in [-0.4, -0.2) is 20.7 Å². The first-order valence-electron chi connectivity index (χ1n) is 11.0. The van der Waals surface area contributed by atoms with Crippen LogP contribution in [0.2, 0.25) is 0 Å². The third-order valence-electron chi connectivity index (χ3n) is 5.60. The first-order chi connectivity index (χ1) is 15.7. The van der Waals surface area contributed by atoms with Crippen molar-refractivity contribution in [2.45, 2.75) is 40.5 Å². The third-order valence-corrected chi connectivity index (χ3v) is 6.09. The van der Waals surface area contributed by atoms with Crippen LogP contribution in [0.3, 0.4) is 0 Å². The lowest BCUT2D eigenvalue weighted by atomic mass is 10.0. The van der Waals surface area contributed by atoms with E-state index in [0.29, 0.717) is 5.82 Å². The van der Waals surface area contributed by atoms with E-state index in [9.17, 15) is 4.79 Å². The summed E-state index contributed by atoms with van der Waals surface area (Å²) >= 11 is 3.52. The molecule has 0 bridgehead atoms. The van der Waals surface area contributed by atoms with Gasteiger partial charge in [0.15, 0.2) is 5.82 Å². The predicted molar refractivity (Wildman–Crippen MR) is 137 cm³/mol. The van der Waals surface area contributed by atoms with Gasteiger partial charge in [0, 0.05) is 15.7 Å². The molecule has 0 radical (unpaired) electrons. The summed E-state index contributed by atoms with van der Waals surface area (Å²) in [6, 6.07) is 20.1. The number of carbonyl (C=O) groups is 1. The molecule has 0 aliphatic rings. The van der Waals surface area contributed by atoms with E-state index in [1.165, 1.54) is 0 Å². The number of nitrogens with one attached hydrogen (secondary N) is 1. The number of halogens is 1. The average molecular weight is 503 g/mol. The van der Waals surface area contributed by atoms with Gasteiger partial charge in [0.2, 0.25) is 5.82 Å². The molecule has 33 heavy (non-hydrogen) atoms. The number of hydrogen-bond acceptors (Lipinski definition) is 3. The second-order valence-electron chi connectivity index (χ2n) is 8.67. The lowest BCUT2D eigenvalue weighted by Crippen LogP contribution is -2.16. The van der Waals surface area contributed by atoms with Crippen molar-refractivity contribution in [3.63, 3.8) is 0 Å². The van der Waals surface area contributed by atoms with Gasteiger partial charge in [-0.1, -0.05) is 71.7 Å². The van der Waals surface area contributed by atoms with Crippen molar-refractivity contribution < 1.29 is 4.79 Å². The van der Waals surface area contributed by atoms with Gasteiger partial charge >= 0.3 is 0 Å². The summed E-state index contributed by atoms with van der Waals surface area (Å²) in [4.78, 5) is 17.9. The highest BCUT2D eigenvalue weighted by molar-refractivity contribution is 9.10. The number of nitrogens with zero attached hydrogens (tertiary/aromatic N) is 3. The fourth-order valence-electron chi connectivity index (χ4n) is 3.72. The Kier molecular flexibility index (Phi) is 6.47. The standard InChI is InChI=1S/C27H27BrN4O/c1-16(2)22-15-21(28)12-13-23(22)29-27(33)25-30-26(20-10-7-17(3)8-11-20)32(31-25)24-14-18(4)6-9-19(24)5/h6-16H,1-5H3,(H,29,33). The van der Waals surface area contributed by atoms with E-state index in [1.54, 1.807) is 4.68 Å². The maximum Gasteiger partial charge on any atom is 0.295 e. The minimum absolute atomic E-state index is 0.129. The molecule has 0 saturated carbocycles. The number of hydrogen-bond donors (Lipinski definition) is 1. The van der Waals surface area contributed by atoms with Crippen LogP contribution in [0.25, 0.3) is 17.1 Å². The van der Waals surface area contributed by atoms with E-state index in [-0.39, 0.29) is 17.6 Å².